The largest absolute Gasteiger partial charge is 0.353 e. The van der Waals surface area contributed by atoms with E-state index in [2.05, 4.69) is 57.7 Å². The van der Waals surface area contributed by atoms with Crippen LogP contribution in [0.5, 0.6) is 0 Å². The number of carbonyl (C=O) groups excluding carboxylic acids is 1. The minimum absolute atomic E-state index is 0.0433. The van der Waals surface area contributed by atoms with Gasteiger partial charge in [0.15, 0.2) is 0 Å². The van der Waals surface area contributed by atoms with Crippen LogP contribution < -0.4 is 15.1 Å². The lowest BCUT2D eigenvalue weighted by molar-refractivity contribution is 0.0939. The van der Waals surface area contributed by atoms with Crippen molar-refractivity contribution < 1.29 is 4.79 Å². The van der Waals surface area contributed by atoms with Gasteiger partial charge in [-0.2, -0.15) is 0 Å². The summed E-state index contributed by atoms with van der Waals surface area (Å²) in [5.74, 6) is 1.82. The van der Waals surface area contributed by atoms with Gasteiger partial charge in [0.1, 0.15) is 11.6 Å². The Bertz CT molecular complexity index is 794. The van der Waals surface area contributed by atoms with Gasteiger partial charge in [-0.25, -0.2) is 9.97 Å². The Hall–Kier alpha value is -2.67. The number of hydrogen-bond donors (Lipinski definition) is 1. The molecule has 0 unspecified atom stereocenters. The van der Waals surface area contributed by atoms with E-state index in [1.165, 1.54) is 0 Å². The first-order valence-corrected chi connectivity index (χ1v) is 10.9. The summed E-state index contributed by atoms with van der Waals surface area (Å²) in [7, 11) is 0. The van der Waals surface area contributed by atoms with Crippen LogP contribution in [0.4, 0.5) is 11.6 Å². The molecule has 0 aromatic carbocycles. The van der Waals surface area contributed by atoms with Crippen molar-refractivity contribution in [3.05, 3.63) is 48.3 Å². The summed E-state index contributed by atoms with van der Waals surface area (Å²) in [6.45, 7) is 13.7. The molecule has 1 aliphatic rings. The normalized spacial score (nSPS) is 14.6. The summed E-state index contributed by atoms with van der Waals surface area (Å²) < 4.78 is 0. The Kier molecular flexibility index (Phi) is 7.63. The summed E-state index contributed by atoms with van der Waals surface area (Å²) in [4.78, 5) is 28.5. The number of nitrogens with one attached hydrogen (secondary N) is 1. The van der Waals surface area contributed by atoms with Crippen molar-refractivity contribution in [2.45, 2.75) is 39.8 Å². The number of pyridine rings is 2. The van der Waals surface area contributed by atoms with Crippen molar-refractivity contribution in [2.24, 2.45) is 0 Å². The minimum Gasteiger partial charge on any atom is -0.353 e. The number of rotatable bonds is 8. The second-order valence-electron chi connectivity index (χ2n) is 8.25. The highest BCUT2D eigenvalue weighted by molar-refractivity contribution is 5.94. The number of piperazine rings is 1. The van der Waals surface area contributed by atoms with Crippen LogP contribution in [0.3, 0.4) is 0 Å². The standard InChI is InChI=1S/C23H34N6O/c1-18(2)29(19(3)4)12-11-26-23(30)20-8-10-25-22(17-20)28-15-13-27(14-16-28)21-7-5-6-9-24-21/h5-10,17-19H,11-16H2,1-4H3,(H,26,30). The van der Waals surface area contributed by atoms with E-state index in [1.807, 2.05) is 30.5 Å². The molecule has 0 spiro atoms. The maximum absolute atomic E-state index is 12.6. The van der Waals surface area contributed by atoms with E-state index in [9.17, 15) is 4.79 Å². The van der Waals surface area contributed by atoms with Gasteiger partial charge < -0.3 is 15.1 Å². The molecule has 7 nitrogen and oxygen atoms in total. The first kappa shape index (κ1) is 22.0. The van der Waals surface area contributed by atoms with Crippen molar-refractivity contribution in [1.82, 2.24) is 20.2 Å². The van der Waals surface area contributed by atoms with E-state index in [0.717, 1.165) is 44.4 Å². The Balaban J connectivity index is 1.54. The van der Waals surface area contributed by atoms with Crippen LogP contribution in [-0.4, -0.2) is 72.1 Å². The molecule has 7 heteroatoms. The van der Waals surface area contributed by atoms with E-state index >= 15 is 0 Å². The average molecular weight is 411 g/mol. The quantitative estimate of drug-likeness (QED) is 0.722. The molecule has 1 amide bonds. The number of nitrogens with zero attached hydrogens (tertiary/aromatic N) is 5. The number of carbonyl (C=O) groups is 1. The third-order valence-electron chi connectivity index (χ3n) is 5.57. The number of hydrogen-bond acceptors (Lipinski definition) is 6. The predicted octanol–water partition coefficient (Wildman–Crippen LogP) is 2.65. The van der Waals surface area contributed by atoms with Gasteiger partial charge in [-0.3, -0.25) is 9.69 Å². The van der Waals surface area contributed by atoms with Gasteiger partial charge in [0.25, 0.3) is 5.91 Å². The van der Waals surface area contributed by atoms with Crippen molar-refractivity contribution in [3.8, 4) is 0 Å². The highest BCUT2D eigenvalue weighted by atomic mass is 16.1. The molecule has 1 saturated heterocycles. The van der Waals surface area contributed by atoms with Gasteiger partial charge >= 0.3 is 0 Å². The molecule has 30 heavy (non-hydrogen) atoms. The maximum atomic E-state index is 12.6. The molecular formula is C23H34N6O. The fourth-order valence-corrected chi connectivity index (χ4v) is 3.95. The van der Waals surface area contributed by atoms with Crippen LogP contribution in [0.15, 0.2) is 42.7 Å². The molecular weight excluding hydrogens is 376 g/mol. The Morgan fingerprint density at radius 3 is 2.20 bits per heavy atom. The molecule has 3 rings (SSSR count). The Morgan fingerprint density at radius 2 is 1.60 bits per heavy atom. The summed E-state index contributed by atoms with van der Waals surface area (Å²) in [5.41, 5.74) is 0.660. The van der Waals surface area contributed by atoms with Gasteiger partial charge in [0.2, 0.25) is 0 Å². The molecule has 0 aliphatic carbocycles. The smallest absolute Gasteiger partial charge is 0.251 e. The van der Waals surface area contributed by atoms with Crippen molar-refractivity contribution >= 4 is 17.5 Å². The van der Waals surface area contributed by atoms with Crippen molar-refractivity contribution in [1.29, 1.82) is 0 Å². The molecule has 0 atom stereocenters. The molecule has 1 fully saturated rings. The molecule has 2 aromatic heterocycles. The van der Waals surface area contributed by atoms with Crippen LogP contribution in [-0.2, 0) is 0 Å². The molecule has 2 aromatic rings. The Labute approximate surface area is 180 Å². The van der Waals surface area contributed by atoms with Gasteiger partial charge in [-0.15, -0.1) is 0 Å². The number of aromatic nitrogens is 2. The van der Waals surface area contributed by atoms with Gasteiger partial charge in [-0.1, -0.05) is 6.07 Å². The second-order valence-corrected chi connectivity index (χ2v) is 8.25. The zero-order chi connectivity index (χ0) is 21.5. The van der Waals surface area contributed by atoms with Crippen molar-refractivity contribution in [3.63, 3.8) is 0 Å². The van der Waals surface area contributed by atoms with Crippen LogP contribution in [0, 0.1) is 0 Å². The van der Waals surface area contributed by atoms with E-state index in [1.54, 1.807) is 12.3 Å². The molecule has 1 aliphatic heterocycles. The zero-order valence-electron chi connectivity index (χ0n) is 18.6. The molecule has 0 saturated carbocycles. The topological polar surface area (TPSA) is 64.6 Å². The molecule has 162 valence electrons. The Morgan fingerprint density at radius 1 is 0.967 bits per heavy atom. The SMILES string of the molecule is CC(C)N(CCNC(=O)c1ccnc(N2CCN(c3ccccn3)CC2)c1)C(C)C. The first-order chi connectivity index (χ1) is 14.5. The summed E-state index contributed by atoms with van der Waals surface area (Å²) in [6, 6.07) is 10.6. The highest BCUT2D eigenvalue weighted by Crippen LogP contribution is 2.18. The molecule has 1 N–H and O–H groups in total. The lowest BCUT2D eigenvalue weighted by Gasteiger charge is -2.36. The van der Waals surface area contributed by atoms with E-state index < -0.39 is 0 Å². The summed E-state index contributed by atoms with van der Waals surface area (Å²) >= 11 is 0. The van der Waals surface area contributed by atoms with Crippen molar-refractivity contribution in [2.75, 3.05) is 49.1 Å². The average Bonchev–Trinajstić information content (AvgIpc) is 2.77. The molecule has 0 radical (unpaired) electrons. The fourth-order valence-electron chi connectivity index (χ4n) is 3.95. The lowest BCUT2D eigenvalue weighted by Crippen LogP contribution is -2.47. The third-order valence-corrected chi connectivity index (χ3v) is 5.57. The third kappa shape index (κ3) is 5.69. The van der Waals surface area contributed by atoms with Crippen LogP contribution in [0.2, 0.25) is 0 Å². The highest BCUT2D eigenvalue weighted by Gasteiger charge is 2.20. The van der Waals surface area contributed by atoms with Crippen LogP contribution >= 0.6 is 0 Å². The number of amides is 1. The molecule has 3 heterocycles. The minimum atomic E-state index is -0.0433. The van der Waals surface area contributed by atoms with Gasteiger partial charge in [0, 0.05) is 69.3 Å². The predicted molar refractivity (Wildman–Crippen MR) is 122 cm³/mol. The van der Waals surface area contributed by atoms with E-state index in [-0.39, 0.29) is 5.91 Å². The number of anilines is 2. The monoisotopic (exact) mass is 410 g/mol. The fraction of sp³-hybridized carbons (Fsp3) is 0.522. The van der Waals surface area contributed by atoms with E-state index in [0.29, 0.717) is 24.2 Å². The van der Waals surface area contributed by atoms with Gasteiger partial charge in [0.05, 0.1) is 0 Å². The van der Waals surface area contributed by atoms with Crippen LogP contribution in [0.25, 0.3) is 0 Å². The lowest BCUT2D eigenvalue weighted by atomic mass is 10.2. The van der Waals surface area contributed by atoms with E-state index in [4.69, 9.17) is 0 Å². The first-order valence-electron chi connectivity index (χ1n) is 10.9. The maximum Gasteiger partial charge on any atom is 0.251 e. The summed E-state index contributed by atoms with van der Waals surface area (Å²) in [6.07, 6.45) is 3.55. The van der Waals surface area contributed by atoms with Gasteiger partial charge in [-0.05, 0) is 52.0 Å². The summed E-state index contributed by atoms with van der Waals surface area (Å²) in [5, 5.41) is 3.05. The zero-order valence-corrected chi connectivity index (χ0v) is 18.6. The molecule has 0 bridgehead atoms. The second kappa shape index (κ2) is 10.4. The van der Waals surface area contributed by atoms with Crippen LogP contribution in [0.1, 0.15) is 38.1 Å².